The largest absolute Gasteiger partial charge is 0.322 e. The predicted molar refractivity (Wildman–Crippen MR) is 110 cm³/mol. The van der Waals surface area contributed by atoms with Gasteiger partial charge in [0.25, 0.3) is 5.91 Å². The molecular weight excluding hydrogens is 374 g/mol. The summed E-state index contributed by atoms with van der Waals surface area (Å²) in [6.45, 7) is 1.84. The fraction of sp³-hybridized carbons (Fsp3) is 0.238. The quantitative estimate of drug-likeness (QED) is 0.735. The number of nitrogens with one attached hydrogen (secondary N) is 1. The third-order valence-corrected chi connectivity index (χ3v) is 6.52. The number of hydrogen-bond donors (Lipinski definition) is 1. The van der Waals surface area contributed by atoms with Crippen LogP contribution in [0.2, 0.25) is 0 Å². The molecule has 2 heterocycles. The number of anilines is 1. The third-order valence-electron chi connectivity index (χ3n) is 4.91. The number of carbonyl (C=O) groups is 1. The summed E-state index contributed by atoms with van der Waals surface area (Å²) < 4.78 is 23.0. The van der Waals surface area contributed by atoms with Crippen LogP contribution in [0.5, 0.6) is 0 Å². The van der Waals surface area contributed by atoms with Crippen molar-refractivity contribution >= 4 is 32.3 Å². The second kappa shape index (κ2) is 7.69. The number of nitrogens with zero attached hydrogens (tertiary/aromatic N) is 2. The summed E-state index contributed by atoms with van der Waals surface area (Å²) >= 11 is 0. The van der Waals surface area contributed by atoms with Crippen LogP contribution in [0.3, 0.4) is 0 Å². The van der Waals surface area contributed by atoms with E-state index in [2.05, 4.69) is 15.2 Å². The lowest BCUT2D eigenvalue weighted by Gasteiger charge is -2.26. The van der Waals surface area contributed by atoms with Gasteiger partial charge in [-0.25, -0.2) is 8.42 Å². The Bertz CT molecular complexity index is 1100. The Morgan fingerprint density at radius 2 is 1.75 bits per heavy atom. The molecule has 0 bridgehead atoms. The van der Waals surface area contributed by atoms with Gasteiger partial charge in [-0.1, -0.05) is 30.3 Å². The molecule has 4 rings (SSSR count). The first-order valence-corrected chi connectivity index (χ1v) is 11.0. The second-order valence-electron chi connectivity index (χ2n) is 7.00. The van der Waals surface area contributed by atoms with Crippen LogP contribution in [0.15, 0.2) is 60.8 Å². The Morgan fingerprint density at radius 3 is 2.50 bits per heavy atom. The summed E-state index contributed by atoms with van der Waals surface area (Å²) in [5.74, 6) is 0.245. The zero-order valence-corrected chi connectivity index (χ0v) is 16.2. The van der Waals surface area contributed by atoms with Crippen LogP contribution >= 0.6 is 0 Å². The first-order valence-electron chi connectivity index (χ1n) is 9.16. The van der Waals surface area contributed by atoms with Gasteiger partial charge in [0.2, 0.25) is 0 Å². The van der Waals surface area contributed by atoms with Crippen molar-refractivity contribution in [1.82, 2.24) is 9.88 Å². The van der Waals surface area contributed by atoms with Gasteiger partial charge in [-0.05, 0) is 29.8 Å². The van der Waals surface area contributed by atoms with E-state index in [9.17, 15) is 13.2 Å². The molecule has 0 spiro atoms. The number of amides is 1. The molecule has 0 radical (unpaired) electrons. The monoisotopic (exact) mass is 395 g/mol. The molecule has 1 amide bonds. The molecule has 0 saturated carbocycles. The van der Waals surface area contributed by atoms with E-state index in [1.54, 1.807) is 6.20 Å². The summed E-state index contributed by atoms with van der Waals surface area (Å²) in [5, 5.41) is 3.82. The number of rotatable bonds is 4. The lowest BCUT2D eigenvalue weighted by Crippen LogP contribution is -2.39. The molecule has 1 aliphatic heterocycles. The minimum atomic E-state index is -2.86. The standard InChI is InChI=1S/C21H21N3O3S/c25-21(18-13-17-3-1-2-4-20(17)22-14-18)23-19-7-5-16(6-8-19)15-24-9-11-28(26,27)12-10-24/h1-8,13-14H,9-12,15H2,(H,23,25). The second-order valence-corrected chi connectivity index (χ2v) is 9.30. The van der Waals surface area contributed by atoms with E-state index in [0.717, 1.165) is 16.5 Å². The first-order chi connectivity index (χ1) is 13.5. The fourth-order valence-corrected chi connectivity index (χ4v) is 4.54. The zero-order valence-electron chi connectivity index (χ0n) is 15.3. The van der Waals surface area contributed by atoms with Crippen molar-refractivity contribution in [3.05, 3.63) is 71.9 Å². The Kier molecular flexibility index (Phi) is 5.11. The van der Waals surface area contributed by atoms with Gasteiger partial charge < -0.3 is 5.32 Å². The normalized spacial score (nSPS) is 16.7. The minimum absolute atomic E-state index is 0.202. The van der Waals surface area contributed by atoms with Gasteiger partial charge in [0.1, 0.15) is 0 Å². The molecule has 1 aromatic heterocycles. The summed E-state index contributed by atoms with van der Waals surface area (Å²) in [6.07, 6.45) is 1.58. The summed E-state index contributed by atoms with van der Waals surface area (Å²) in [7, 11) is -2.86. The number of sulfone groups is 1. The fourth-order valence-electron chi connectivity index (χ4n) is 3.26. The number of pyridine rings is 1. The van der Waals surface area contributed by atoms with Crippen molar-refractivity contribution in [3.8, 4) is 0 Å². The zero-order chi connectivity index (χ0) is 19.6. The molecule has 0 atom stereocenters. The van der Waals surface area contributed by atoms with E-state index in [4.69, 9.17) is 0 Å². The average molecular weight is 395 g/mol. The van der Waals surface area contributed by atoms with Gasteiger partial charge in [0, 0.05) is 36.9 Å². The minimum Gasteiger partial charge on any atom is -0.322 e. The van der Waals surface area contributed by atoms with E-state index in [0.29, 0.717) is 30.9 Å². The lowest BCUT2D eigenvalue weighted by atomic mass is 10.1. The van der Waals surface area contributed by atoms with Gasteiger partial charge in [0.15, 0.2) is 9.84 Å². The molecular formula is C21H21N3O3S. The number of benzene rings is 2. The number of aromatic nitrogens is 1. The molecule has 28 heavy (non-hydrogen) atoms. The van der Waals surface area contributed by atoms with Crippen LogP contribution in [0, 0.1) is 0 Å². The Hall–Kier alpha value is -2.77. The van der Waals surface area contributed by atoms with Gasteiger partial charge in [-0.3, -0.25) is 14.7 Å². The average Bonchev–Trinajstić information content (AvgIpc) is 2.70. The van der Waals surface area contributed by atoms with Gasteiger partial charge in [0.05, 0.1) is 22.6 Å². The van der Waals surface area contributed by atoms with Gasteiger partial charge in [-0.15, -0.1) is 0 Å². The highest BCUT2D eigenvalue weighted by molar-refractivity contribution is 7.91. The molecule has 1 aliphatic rings. The van der Waals surface area contributed by atoms with Crippen molar-refractivity contribution in [2.24, 2.45) is 0 Å². The van der Waals surface area contributed by atoms with Crippen LogP contribution < -0.4 is 5.32 Å². The van der Waals surface area contributed by atoms with Crippen molar-refractivity contribution in [2.45, 2.75) is 6.54 Å². The Morgan fingerprint density at radius 1 is 1.04 bits per heavy atom. The number of para-hydroxylation sites is 1. The van der Waals surface area contributed by atoms with Crippen LogP contribution in [-0.2, 0) is 16.4 Å². The van der Waals surface area contributed by atoms with Crippen molar-refractivity contribution in [2.75, 3.05) is 29.9 Å². The molecule has 1 fully saturated rings. The van der Waals surface area contributed by atoms with Crippen molar-refractivity contribution in [1.29, 1.82) is 0 Å². The Balaban J connectivity index is 1.39. The van der Waals surface area contributed by atoms with E-state index < -0.39 is 9.84 Å². The van der Waals surface area contributed by atoms with Gasteiger partial charge in [-0.2, -0.15) is 0 Å². The molecule has 1 N–H and O–H groups in total. The summed E-state index contributed by atoms with van der Waals surface area (Å²) in [4.78, 5) is 19.0. The summed E-state index contributed by atoms with van der Waals surface area (Å²) in [6, 6.07) is 17.1. The maximum Gasteiger partial charge on any atom is 0.257 e. The summed E-state index contributed by atoms with van der Waals surface area (Å²) in [5.41, 5.74) is 3.17. The third kappa shape index (κ3) is 4.37. The highest BCUT2D eigenvalue weighted by Crippen LogP contribution is 2.16. The maximum absolute atomic E-state index is 12.5. The Labute approximate surface area is 164 Å². The van der Waals surface area contributed by atoms with Crippen LogP contribution in [0.25, 0.3) is 10.9 Å². The molecule has 3 aromatic rings. The smallest absolute Gasteiger partial charge is 0.257 e. The highest BCUT2D eigenvalue weighted by atomic mass is 32.2. The SMILES string of the molecule is O=C(Nc1ccc(CN2CCS(=O)(=O)CC2)cc1)c1cnc2ccccc2c1. The van der Waals surface area contributed by atoms with Gasteiger partial charge >= 0.3 is 0 Å². The maximum atomic E-state index is 12.5. The number of carbonyl (C=O) groups excluding carboxylic acids is 1. The number of hydrogen-bond acceptors (Lipinski definition) is 5. The van der Waals surface area contributed by atoms with Crippen LogP contribution in [0.4, 0.5) is 5.69 Å². The van der Waals surface area contributed by atoms with E-state index in [1.807, 2.05) is 54.6 Å². The molecule has 0 aliphatic carbocycles. The highest BCUT2D eigenvalue weighted by Gasteiger charge is 2.21. The molecule has 7 heteroatoms. The molecule has 6 nitrogen and oxygen atoms in total. The van der Waals surface area contributed by atoms with Crippen molar-refractivity contribution < 1.29 is 13.2 Å². The van der Waals surface area contributed by atoms with Crippen molar-refractivity contribution in [3.63, 3.8) is 0 Å². The molecule has 2 aromatic carbocycles. The topological polar surface area (TPSA) is 79.4 Å². The molecule has 0 unspecified atom stereocenters. The number of fused-ring (bicyclic) bond motifs is 1. The van der Waals surface area contributed by atoms with Crippen LogP contribution in [0.1, 0.15) is 15.9 Å². The first kappa shape index (κ1) is 18.6. The van der Waals surface area contributed by atoms with Crippen LogP contribution in [-0.4, -0.2) is 48.8 Å². The molecule has 1 saturated heterocycles. The predicted octanol–water partition coefficient (Wildman–Crippen LogP) is 2.72. The van der Waals surface area contributed by atoms with E-state index >= 15 is 0 Å². The molecule has 144 valence electrons. The van der Waals surface area contributed by atoms with E-state index in [-0.39, 0.29) is 17.4 Å². The lowest BCUT2D eigenvalue weighted by molar-refractivity contribution is 0.102. The van der Waals surface area contributed by atoms with E-state index in [1.165, 1.54) is 0 Å².